The zero-order valence-electron chi connectivity index (χ0n) is 18.6. The molecule has 33 heavy (non-hydrogen) atoms. The van der Waals surface area contributed by atoms with Gasteiger partial charge in [-0.3, -0.25) is 10.1 Å². The second-order valence-electron chi connectivity index (χ2n) is 7.26. The number of rotatable bonds is 8. The fraction of sp³-hybridized carbons (Fsp3) is 0.286. The molecule has 3 rings (SSSR count). The molecule has 2 aromatic heterocycles. The van der Waals surface area contributed by atoms with E-state index in [0.717, 1.165) is 0 Å². The van der Waals surface area contributed by atoms with Crippen molar-refractivity contribution in [3.05, 3.63) is 58.3 Å². The monoisotopic (exact) mass is 473 g/mol. The Bertz CT molecular complexity index is 1140. The highest BCUT2D eigenvalue weighted by Crippen LogP contribution is 2.22. The largest absolute Gasteiger partial charge is 0.480 e. The van der Waals surface area contributed by atoms with Gasteiger partial charge in [-0.1, -0.05) is 12.1 Å². The van der Waals surface area contributed by atoms with Crippen LogP contribution >= 0.6 is 11.3 Å². The number of nitrogens with zero attached hydrogens (tertiary/aromatic N) is 5. The van der Waals surface area contributed by atoms with Gasteiger partial charge in [0.2, 0.25) is 5.88 Å². The van der Waals surface area contributed by atoms with Crippen molar-refractivity contribution in [3.63, 3.8) is 0 Å². The Hall–Kier alpha value is -3.80. The molecule has 3 amide bonds. The van der Waals surface area contributed by atoms with Crippen LogP contribution in [0.5, 0.6) is 5.88 Å². The summed E-state index contributed by atoms with van der Waals surface area (Å²) in [6, 6.07) is 7.06. The first-order valence-electron chi connectivity index (χ1n) is 9.85. The fourth-order valence-electron chi connectivity index (χ4n) is 2.88. The van der Waals surface area contributed by atoms with Gasteiger partial charge in [0.05, 0.1) is 24.9 Å². The van der Waals surface area contributed by atoms with Crippen LogP contribution in [0.3, 0.4) is 0 Å². The summed E-state index contributed by atoms with van der Waals surface area (Å²) in [6.07, 6.45) is 0. The summed E-state index contributed by atoms with van der Waals surface area (Å²) < 4.78 is 18.3. The average Bonchev–Trinajstić information content (AvgIpc) is 3.23. The number of aromatic nitrogens is 3. The predicted octanol–water partition coefficient (Wildman–Crippen LogP) is 2.74. The van der Waals surface area contributed by atoms with Gasteiger partial charge in [0.25, 0.3) is 5.91 Å². The Labute approximate surface area is 194 Å². The lowest BCUT2D eigenvalue weighted by Crippen LogP contribution is -2.29. The van der Waals surface area contributed by atoms with Crippen molar-refractivity contribution in [2.45, 2.75) is 13.1 Å². The molecule has 0 fully saturated rings. The summed E-state index contributed by atoms with van der Waals surface area (Å²) in [6.45, 7) is 0.399. The lowest BCUT2D eigenvalue weighted by atomic mass is 10.2. The Morgan fingerprint density at radius 3 is 2.67 bits per heavy atom. The highest BCUT2D eigenvalue weighted by atomic mass is 32.1. The molecule has 1 aromatic carbocycles. The minimum absolute atomic E-state index is 0.177. The molecule has 0 aliphatic rings. The third-order valence-corrected chi connectivity index (χ3v) is 5.28. The first kappa shape index (κ1) is 23.9. The summed E-state index contributed by atoms with van der Waals surface area (Å²) in [4.78, 5) is 32.7. The van der Waals surface area contributed by atoms with Crippen LogP contribution in [0.1, 0.15) is 21.6 Å². The van der Waals surface area contributed by atoms with Crippen LogP contribution < -0.4 is 20.3 Å². The standard InChI is InChI=1S/C21H24FN7O3S/c1-28(2)18-16(9-17(32-4)26-27-18)19(30)29(3)11-15-12-33-21(24-15)25-20(31)23-10-13-6-5-7-14(22)8-13/h5-9,12H,10-11H2,1-4H3,(H2,23,24,25,31). The zero-order chi connectivity index (χ0) is 24.0. The van der Waals surface area contributed by atoms with Gasteiger partial charge in [-0.2, -0.15) is 0 Å². The number of methoxy groups -OCH3 is 1. The molecular formula is C21H24FN7O3S. The highest BCUT2D eigenvalue weighted by Gasteiger charge is 2.21. The first-order chi connectivity index (χ1) is 15.8. The quantitative estimate of drug-likeness (QED) is 0.517. The van der Waals surface area contributed by atoms with E-state index in [4.69, 9.17) is 4.74 Å². The van der Waals surface area contributed by atoms with E-state index in [1.165, 1.54) is 41.5 Å². The molecule has 0 aliphatic carbocycles. The van der Waals surface area contributed by atoms with Crippen LogP contribution in [0.4, 0.5) is 20.1 Å². The van der Waals surface area contributed by atoms with E-state index in [9.17, 15) is 14.0 Å². The minimum Gasteiger partial charge on any atom is -0.480 e. The molecule has 10 nitrogen and oxygen atoms in total. The Balaban J connectivity index is 1.59. The van der Waals surface area contributed by atoms with Crippen LogP contribution in [0.25, 0.3) is 0 Å². The number of benzene rings is 1. The molecule has 0 saturated carbocycles. The van der Waals surface area contributed by atoms with E-state index in [1.807, 2.05) is 0 Å². The molecular weight excluding hydrogens is 449 g/mol. The third-order valence-electron chi connectivity index (χ3n) is 4.48. The maximum atomic E-state index is 13.2. The van der Waals surface area contributed by atoms with Crippen molar-refractivity contribution in [3.8, 4) is 5.88 Å². The van der Waals surface area contributed by atoms with Crippen molar-refractivity contribution in [2.75, 3.05) is 38.5 Å². The topological polar surface area (TPSA) is 113 Å². The number of carbonyl (C=O) groups is 2. The van der Waals surface area contributed by atoms with Crippen molar-refractivity contribution in [2.24, 2.45) is 0 Å². The van der Waals surface area contributed by atoms with E-state index in [-0.39, 0.29) is 30.7 Å². The molecule has 0 aliphatic heterocycles. The van der Waals surface area contributed by atoms with Crippen LogP contribution in [0.2, 0.25) is 0 Å². The number of halogens is 1. The number of nitrogens with one attached hydrogen (secondary N) is 2. The van der Waals surface area contributed by atoms with Crippen LogP contribution in [0.15, 0.2) is 35.7 Å². The maximum Gasteiger partial charge on any atom is 0.321 e. The van der Waals surface area contributed by atoms with Gasteiger partial charge in [0, 0.05) is 39.1 Å². The van der Waals surface area contributed by atoms with Crippen molar-refractivity contribution < 1.29 is 18.7 Å². The predicted molar refractivity (Wildman–Crippen MR) is 123 cm³/mol. The lowest BCUT2D eigenvalue weighted by Gasteiger charge is -2.20. The van der Waals surface area contributed by atoms with Gasteiger partial charge in [-0.15, -0.1) is 21.5 Å². The van der Waals surface area contributed by atoms with Crippen LogP contribution in [0, 0.1) is 5.82 Å². The van der Waals surface area contributed by atoms with Gasteiger partial charge in [-0.25, -0.2) is 14.2 Å². The van der Waals surface area contributed by atoms with Crippen molar-refractivity contribution in [1.82, 2.24) is 25.4 Å². The number of ether oxygens (including phenoxy) is 1. The van der Waals surface area contributed by atoms with Crippen LogP contribution in [-0.2, 0) is 13.1 Å². The van der Waals surface area contributed by atoms with E-state index in [1.54, 1.807) is 43.6 Å². The second kappa shape index (κ2) is 10.7. The zero-order valence-corrected chi connectivity index (χ0v) is 19.4. The average molecular weight is 474 g/mol. The summed E-state index contributed by atoms with van der Waals surface area (Å²) >= 11 is 1.23. The van der Waals surface area contributed by atoms with E-state index in [2.05, 4.69) is 25.8 Å². The molecule has 3 aromatic rings. The molecule has 174 valence electrons. The smallest absolute Gasteiger partial charge is 0.321 e. The Morgan fingerprint density at radius 1 is 1.18 bits per heavy atom. The number of carbonyl (C=O) groups excluding carboxylic acids is 2. The van der Waals surface area contributed by atoms with Gasteiger partial charge < -0.3 is 19.9 Å². The molecule has 0 atom stereocenters. The van der Waals surface area contributed by atoms with Gasteiger partial charge in [-0.05, 0) is 17.7 Å². The Morgan fingerprint density at radius 2 is 1.97 bits per heavy atom. The molecule has 12 heteroatoms. The summed E-state index contributed by atoms with van der Waals surface area (Å²) in [5, 5.41) is 15.4. The molecule has 0 radical (unpaired) electrons. The van der Waals surface area contributed by atoms with Gasteiger partial charge >= 0.3 is 6.03 Å². The Kier molecular flexibility index (Phi) is 7.72. The second-order valence-corrected chi connectivity index (χ2v) is 8.12. The minimum atomic E-state index is -0.463. The van der Waals surface area contributed by atoms with Gasteiger partial charge in [0.15, 0.2) is 10.9 Å². The lowest BCUT2D eigenvalue weighted by molar-refractivity contribution is 0.0783. The van der Waals surface area contributed by atoms with Crippen molar-refractivity contribution >= 4 is 34.2 Å². The molecule has 2 heterocycles. The molecule has 0 unspecified atom stereocenters. The number of urea groups is 1. The number of thiazole rings is 1. The number of anilines is 2. The maximum absolute atomic E-state index is 13.2. The fourth-order valence-corrected chi connectivity index (χ4v) is 3.58. The molecule has 0 spiro atoms. The number of hydrogen-bond acceptors (Lipinski definition) is 8. The van der Waals surface area contributed by atoms with Crippen LogP contribution in [-0.4, -0.2) is 60.3 Å². The van der Waals surface area contributed by atoms with Gasteiger partial charge in [0.1, 0.15) is 5.82 Å². The normalized spacial score (nSPS) is 10.5. The molecule has 0 saturated heterocycles. The van der Waals surface area contributed by atoms with Crippen molar-refractivity contribution in [1.29, 1.82) is 0 Å². The van der Waals surface area contributed by atoms with E-state index in [0.29, 0.717) is 27.8 Å². The van der Waals surface area contributed by atoms with E-state index < -0.39 is 6.03 Å². The number of amides is 3. The highest BCUT2D eigenvalue weighted by molar-refractivity contribution is 7.13. The number of hydrogen-bond donors (Lipinski definition) is 2. The SMILES string of the molecule is COc1cc(C(=O)N(C)Cc2csc(NC(=O)NCc3cccc(F)c3)n2)c(N(C)C)nn1. The molecule has 0 bridgehead atoms. The summed E-state index contributed by atoms with van der Waals surface area (Å²) in [5.74, 6) is 0.0175. The summed E-state index contributed by atoms with van der Waals surface area (Å²) in [7, 11) is 6.64. The third kappa shape index (κ3) is 6.35. The van der Waals surface area contributed by atoms with E-state index >= 15 is 0 Å². The first-order valence-corrected chi connectivity index (χ1v) is 10.7. The molecule has 2 N–H and O–H groups in total. The summed E-state index contributed by atoms with van der Waals surface area (Å²) in [5.41, 5.74) is 1.60.